The van der Waals surface area contributed by atoms with E-state index in [0.717, 1.165) is 10.6 Å². The van der Waals surface area contributed by atoms with Crippen LogP contribution in [0.15, 0.2) is 17.8 Å². The van der Waals surface area contributed by atoms with Crippen molar-refractivity contribution in [3.63, 3.8) is 0 Å². The molecule has 2 heterocycles. The summed E-state index contributed by atoms with van der Waals surface area (Å²) in [5.74, 6) is 0.375. The van der Waals surface area contributed by atoms with Gasteiger partial charge in [0.2, 0.25) is 0 Å². The van der Waals surface area contributed by atoms with Gasteiger partial charge in [-0.3, -0.25) is 4.79 Å². The molecule has 2 aromatic rings. The molecule has 0 atom stereocenters. The van der Waals surface area contributed by atoms with Crippen LogP contribution in [0, 0.1) is 6.92 Å². The number of amides is 1. The Labute approximate surface area is 120 Å². The Hall–Kier alpha value is -1.66. The third kappa shape index (κ3) is 3.21. The van der Waals surface area contributed by atoms with Crippen molar-refractivity contribution in [2.24, 2.45) is 0 Å². The predicted molar refractivity (Wildman–Crippen MR) is 76.8 cm³/mol. The predicted octanol–water partition coefficient (Wildman–Crippen LogP) is 2.47. The minimum absolute atomic E-state index is 0.225. The molecular weight excluding hydrogens is 284 g/mol. The highest BCUT2D eigenvalue weighted by atomic mass is 35.5. The fraction of sp³-hybridized carbons (Fsp3) is 0.250. The van der Waals surface area contributed by atoms with Gasteiger partial charge >= 0.3 is 0 Å². The standard InChI is InChI=1S/C12H13ClN4OS/c1-7-10(19-6-17-7)5-16-12(18)8-3-11(14-2)15-4-9(8)13/h3-4,6H,5H2,1-2H3,(H,14,15)(H,16,18). The lowest BCUT2D eigenvalue weighted by Gasteiger charge is -2.07. The van der Waals surface area contributed by atoms with Gasteiger partial charge in [-0.15, -0.1) is 11.3 Å². The van der Waals surface area contributed by atoms with Crippen molar-refractivity contribution in [1.29, 1.82) is 0 Å². The molecule has 0 unspecified atom stereocenters. The number of hydrogen-bond donors (Lipinski definition) is 2. The molecule has 5 nitrogen and oxygen atoms in total. The van der Waals surface area contributed by atoms with Crippen LogP contribution in [-0.2, 0) is 6.54 Å². The van der Waals surface area contributed by atoms with Crippen molar-refractivity contribution < 1.29 is 4.79 Å². The number of nitrogens with one attached hydrogen (secondary N) is 2. The number of hydrogen-bond acceptors (Lipinski definition) is 5. The topological polar surface area (TPSA) is 66.9 Å². The zero-order valence-electron chi connectivity index (χ0n) is 10.5. The normalized spacial score (nSPS) is 10.3. The number of pyridine rings is 1. The minimum Gasteiger partial charge on any atom is -0.373 e. The van der Waals surface area contributed by atoms with Crippen LogP contribution in [0.2, 0.25) is 5.02 Å². The van der Waals surface area contributed by atoms with Gasteiger partial charge in [0.25, 0.3) is 5.91 Å². The Kier molecular flexibility index (Phi) is 4.34. The van der Waals surface area contributed by atoms with E-state index >= 15 is 0 Å². The van der Waals surface area contributed by atoms with Crippen molar-refractivity contribution in [3.05, 3.63) is 38.9 Å². The summed E-state index contributed by atoms with van der Waals surface area (Å²) < 4.78 is 0. The molecule has 2 N–H and O–H groups in total. The Morgan fingerprint density at radius 2 is 2.26 bits per heavy atom. The maximum atomic E-state index is 12.1. The van der Waals surface area contributed by atoms with E-state index in [1.54, 1.807) is 18.6 Å². The molecule has 19 heavy (non-hydrogen) atoms. The van der Waals surface area contributed by atoms with E-state index in [1.807, 2.05) is 6.92 Å². The highest BCUT2D eigenvalue weighted by molar-refractivity contribution is 7.09. The number of rotatable bonds is 4. The first-order valence-electron chi connectivity index (χ1n) is 5.62. The van der Waals surface area contributed by atoms with Gasteiger partial charge in [-0.2, -0.15) is 0 Å². The highest BCUT2D eigenvalue weighted by Crippen LogP contribution is 2.18. The quantitative estimate of drug-likeness (QED) is 0.909. The molecule has 0 fully saturated rings. The SMILES string of the molecule is CNc1cc(C(=O)NCc2scnc2C)c(Cl)cn1. The second-order valence-electron chi connectivity index (χ2n) is 3.84. The summed E-state index contributed by atoms with van der Waals surface area (Å²) in [6.45, 7) is 2.36. The van der Waals surface area contributed by atoms with Crippen LogP contribution >= 0.6 is 22.9 Å². The maximum Gasteiger partial charge on any atom is 0.253 e. The molecule has 0 radical (unpaired) electrons. The summed E-state index contributed by atoms with van der Waals surface area (Å²) in [6.07, 6.45) is 1.46. The molecule has 0 saturated carbocycles. The molecule has 100 valence electrons. The van der Waals surface area contributed by atoms with Gasteiger partial charge in [0.05, 0.1) is 28.3 Å². The van der Waals surface area contributed by atoms with E-state index in [-0.39, 0.29) is 5.91 Å². The summed E-state index contributed by atoms with van der Waals surface area (Å²) in [7, 11) is 1.73. The third-order valence-electron chi connectivity index (χ3n) is 2.61. The summed E-state index contributed by atoms with van der Waals surface area (Å²) in [6, 6.07) is 1.62. The van der Waals surface area contributed by atoms with Crippen LogP contribution in [0.5, 0.6) is 0 Å². The van der Waals surface area contributed by atoms with E-state index in [9.17, 15) is 4.79 Å². The zero-order chi connectivity index (χ0) is 13.8. The molecule has 7 heteroatoms. The number of nitrogens with zero attached hydrogens (tertiary/aromatic N) is 2. The van der Waals surface area contributed by atoms with Crippen molar-refractivity contribution >= 4 is 34.7 Å². The van der Waals surface area contributed by atoms with Crippen molar-refractivity contribution in [2.75, 3.05) is 12.4 Å². The summed E-state index contributed by atoms with van der Waals surface area (Å²) >= 11 is 7.49. The number of aromatic nitrogens is 2. The Morgan fingerprint density at radius 3 is 2.89 bits per heavy atom. The average molecular weight is 297 g/mol. The molecule has 2 aromatic heterocycles. The van der Waals surface area contributed by atoms with Gasteiger partial charge in [0, 0.05) is 18.1 Å². The molecule has 0 bridgehead atoms. The van der Waals surface area contributed by atoms with Crippen LogP contribution in [0.25, 0.3) is 0 Å². The highest BCUT2D eigenvalue weighted by Gasteiger charge is 2.12. The Bertz CT molecular complexity index is 599. The van der Waals surface area contributed by atoms with Crippen molar-refractivity contribution in [1.82, 2.24) is 15.3 Å². The van der Waals surface area contributed by atoms with Gasteiger partial charge in [-0.25, -0.2) is 9.97 Å². The van der Waals surface area contributed by atoms with E-state index < -0.39 is 0 Å². The van der Waals surface area contributed by atoms with Gasteiger partial charge in [0.1, 0.15) is 5.82 Å². The lowest BCUT2D eigenvalue weighted by atomic mass is 10.2. The molecule has 1 amide bonds. The van der Waals surface area contributed by atoms with Gasteiger partial charge < -0.3 is 10.6 Å². The van der Waals surface area contributed by atoms with Crippen LogP contribution in [0.1, 0.15) is 20.9 Å². The van der Waals surface area contributed by atoms with E-state index in [2.05, 4.69) is 20.6 Å². The summed E-state index contributed by atoms with van der Waals surface area (Å²) in [5, 5.41) is 6.03. The van der Waals surface area contributed by atoms with E-state index in [4.69, 9.17) is 11.6 Å². The number of thiazole rings is 1. The minimum atomic E-state index is -0.225. The lowest BCUT2D eigenvalue weighted by Crippen LogP contribution is -2.23. The van der Waals surface area contributed by atoms with Gasteiger partial charge in [0.15, 0.2) is 0 Å². The smallest absolute Gasteiger partial charge is 0.253 e. The number of aryl methyl sites for hydroxylation is 1. The molecule has 0 aliphatic heterocycles. The first-order valence-corrected chi connectivity index (χ1v) is 6.88. The fourth-order valence-electron chi connectivity index (χ4n) is 1.50. The molecule has 0 aromatic carbocycles. The van der Waals surface area contributed by atoms with E-state index in [0.29, 0.717) is 22.9 Å². The first kappa shape index (κ1) is 13.8. The molecule has 0 aliphatic rings. The lowest BCUT2D eigenvalue weighted by molar-refractivity contribution is 0.0951. The maximum absolute atomic E-state index is 12.1. The monoisotopic (exact) mass is 296 g/mol. The average Bonchev–Trinajstić information content (AvgIpc) is 2.82. The van der Waals surface area contributed by atoms with Crippen molar-refractivity contribution in [2.45, 2.75) is 13.5 Å². The molecule has 0 spiro atoms. The summed E-state index contributed by atoms with van der Waals surface area (Å²) in [4.78, 5) is 21.3. The largest absolute Gasteiger partial charge is 0.373 e. The first-order chi connectivity index (χ1) is 9.11. The Balaban J connectivity index is 2.10. The third-order valence-corrected chi connectivity index (χ3v) is 3.85. The molecule has 0 aliphatic carbocycles. The van der Waals surface area contributed by atoms with Crippen LogP contribution in [0.3, 0.4) is 0 Å². The molecule has 2 rings (SSSR count). The number of carbonyl (C=O) groups excluding carboxylic acids is 1. The second-order valence-corrected chi connectivity index (χ2v) is 5.19. The van der Waals surface area contributed by atoms with Crippen LogP contribution in [-0.4, -0.2) is 22.9 Å². The van der Waals surface area contributed by atoms with Gasteiger partial charge in [-0.1, -0.05) is 11.6 Å². The second kappa shape index (κ2) is 5.99. The van der Waals surface area contributed by atoms with E-state index in [1.165, 1.54) is 17.5 Å². The van der Waals surface area contributed by atoms with Crippen LogP contribution < -0.4 is 10.6 Å². The van der Waals surface area contributed by atoms with Crippen molar-refractivity contribution in [3.8, 4) is 0 Å². The number of anilines is 1. The number of halogens is 1. The van der Waals surface area contributed by atoms with Gasteiger partial charge in [-0.05, 0) is 13.0 Å². The fourth-order valence-corrected chi connectivity index (χ4v) is 2.41. The van der Waals surface area contributed by atoms with Crippen LogP contribution in [0.4, 0.5) is 5.82 Å². The zero-order valence-corrected chi connectivity index (χ0v) is 12.1. The molecule has 0 saturated heterocycles. The summed E-state index contributed by atoms with van der Waals surface area (Å²) in [5.41, 5.74) is 3.10. The number of carbonyl (C=O) groups is 1. The molecular formula is C12H13ClN4OS. The Morgan fingerprint density at radius 1 is 1.47 bits per heavy atom.